The zero-order valence-electron chi connectivity index (χ0n) is 17.2. The molecule has 6 nitrogen and oxygen atoms in total. The molecule has 0 bridgehead atoms. The third kappa shape index (κ3) is 5.21. The molecule has 0 atom stereocenters. The van der Waals surface area contributed by atoms with Gasteiger partial charge in [0.05, 0.1) is 15.7 Å². The molecule has 3 aromatic carbocycles. The SMILES string of the molecule is O=C1NC(=O)N(c2ccc(Cl)cc2)C(=O)/C1=C/c1cc(Cl)c(OCc2cccc(Cl)c2)c(Cl)c1. The average molecular weight is 536 g/mol. The summed E-state index contributed by atoms with van der Waals surface area (Å²) in [4.78, 5) is 38.6. The van der Waals surface area contributed by atoms with Gasteiger partial charge in [-0.3, -0.25) is 14.9 Å². The first kappa shape index (κ1) is 24.1. The van der Waals surface area contributed by atoms with Crippen LogP contribution in [0.15, 0.2) is 66.2 Å². The fourth-order valence-electron chi connectivity index (χ4n) is 3.23. The number of nitrogens with zero attached hydrogens (tertiary/aromatic N) is 1. The summed E-state index contributed by atoms with van der Waals surface area (Å²) in [6.07, 6.45) is 1.30. The smallest absolute Gasteiger partial charge is 0.335 e. The van der Waals surface area contributed by atoms with Crippen molar-refractivity contribution in [2.75, 3.05) is 4.90 Å². The zero-order chi connectivity index (χ0) is 24.4. The van der Waals surface area contributed by atoms with Crippen molar-refractivity contribution in [3.8, 4) is 5.75 Å². The molecule has 1 saturated heterocycles. The molecule has 0 spiro atoms. The van der Waals surface area contributed by atoms with Crippen molar-refractivity contribution in [3.63, 3.8) is 0 Å². The van der Waals surface area contributed by atoms with Gasteiger partial charge in [-0.25, -0.2) is 9.69 Å². The summed E-state index contributed by atoms with van der Waals surface area (Å²) < 4.78 is 5.74. The molecule has 4 amide bonds. The van der Waals surface area contributed by atoms with Crippen molar-refractivity contribution in [2.45, 2.75) is 6.61 Å². The molecule has 4 rings (SSSR count). The van der Waals surface area contributed by atoms with E-state index < -0.39 is 17.8 Å². The summed E-state index contributed by atoms with van der Waals surface area (Å²) in [6, 6.07) is 15.3. The molecule has 0 aromatic heterocycles. The molecular formula is C24H14Cl4N2O4. The Kier molecular flexibility index (Phi) is 7.14. The van der Waals surface area contributed by atoms with E-state index in [1.807, 2.05) is 6.07 Å². The van der Waals surface area contributed by atoms with E-state index in [9.17, 15) is 14.4 Å². The Morgan fingerprint density at radius 1 is 0.853 bits per heavy atom. The molecule has 1 aliphatic heterocycles. The van der Waals surface area contributed by atoms with Crippen molar-refractivity contribution in [1.82, 2.24) is 5.32 Å². The topological polar surface area (TPSA) is 75.7 Å². The van der Waals surface area contributed by atoms with Crippen LogP contribution in [-0.4, -0.2) is 17.8 Å². The maximum Gasteiger partial charge on any atom is 0.335 e. The molecule has 0 aliphatic carbocycles. The number of urea groups is 1. The van der Waals surface area contributed by atoms with Gasteiger partial charge in [-0.05, 0) is 65.7 Å². The largest absolute Gasteiger partial charge is 0.486 e. The number of imide groups is 2. The minimum Gasteiger partial charge on any atom is -0.486 e. The summed E-state index contributed by atoms with van der Waals surface area (Å²) in [6.45, 7) is 0.180. The van der Waals surface area contributed by atoms with E-state index in [-0.39, 0.29) is 33.7 Å². The lowest BCUT2D eigenvalue weighted by Gasteiger charge is -2.26. The van der Waals surface area contributed by atoms with Crippen LogP contribution in [0.1, 0.15) is 11.1 Å². The normalized spacial score (nSPS) is 15.0. The maximum absolute atomic E-state index is 13.0. The summed E-state index contributed by atoms with van der Waals surface area (Å²) in [5.74, 6) is -1.40. The van der Waals surface area contributed by atoms with Crippen molar-refractivity contribution in [2.24, 2.45) is 0 Å². The number of benzene rings is 3. The molecule has 1 aliphatic rings. The standard InChI is InChI=1S/C24H14Cl4N2O4/c25-15-4-6-17(7-5-15)30-23(32)18(22(31)29-24(30)33)9-14-10-19(27)21(20(28)11-14)34-12-13-2-1-3-16(26)8-13/h1-11H,12H2,(H,29,31,33)/b18-9+. The van der Waals surface area contributed by atoms with Crippen molar-refractivity contribution >= 4 is 76.0 Å². The molecule has 0 saturated carbocycles. The summed E-state index contributed by atoms with van der Waals surface area (Å²) in [5.41, 5.74) is 1.18. The van der Waals surface area contributed by atoms with E-state index in [0.29, 0.717) is 15.6 Å². The van der Waals surface area contributed by atoms with Crippen LogP contribution in [0.2, 0.25) is 20.1 Å². The molecule has 172 valence electrons. The Morgan fingerprint density at radius 2 is 1.53 bits per heavy atom. The van der Waals surface area contributed by atoms with Gasteiger partial charge in [0.25, 0.3) is 11.8 Å². The van der Waals surface area contributed by atoms with Gasteiger partial charge in [-0.15, -0.1) is 0 Å². The number of nitrogens with one attached hydrogen (secondary N) is 1. The van der Waals surface area contributed by atoms with Crippen LogP contribution >= 0.6 is 46.4 Å². The van der Waals surface area contributed by atoms with Crippen molar-refractivity contribution in [1.29, 1.82) is 0 Å². The van der Waals surface area contributed by atoms with Gasteiger partial charge >= 0.3 is 6.03 Å². The van der Waals surface area contributed by atoms with Crippen LogP contribution in [0.3, 0.4) is 0 Å². The van der Waals surface area contributed by atoms with Gasteiger partial charge in [0.2, 0.25) is 0 Å². The summed E-state index contributed by atoms with van der Waals surface area (Å²) >= 11 is 24.6. The van der Waals surface area contributed by atoms with Crippen LogP contribution in [-0.2, 0) is 16.2 Å². The number of amides is 4. The second kappa shape index (κ2) is 10.1. The number of carbonyl (C=O) groups is 3. The van der Waals surface area contributed by atoms with E-state index in [0.717, 1.165) is 10.5 Å². The van der Waals surface area contributed by atoms with Crippen LogP contribution < -0.4 is 15.0 Å². The number of ether oxygens (including phenoxy) is 1. The predicted octanol–water partition coefficient (Wildman–Crippen LogP) is 6.55. The lowest BCUT2D eigenvalue weighted by molar-refractivity contribution is -0.122. The second-order valence-corrected chi connectivity index (χ2v) is 8.85. The number of halogens is 4. The molecule has 1 N–H and O–H groups in total. The average Bonchev–Trinajstić information content (AvgIpc) is 2.77. The van der Waals surface area contributed by atoms with E-state index in [2.05, 4.69) is 5.32 Å². The van der Waals surface area contributed by atoms with Crippen molar-refractivity contribution in [3.05, 3.63) is 97.5 Å². The second-order valence-electron chi connectivity index (χ2n) is 7.17. The molecule has 1 fully saturated rings. The Morgan fingerprint density at radius 3 is 2.18 bits per heavy atom. The third-order valence-electron chi connectivity index (χ3n) is 4.79. The molecule has 0 unspecified atom stereocenters. The van der Waals surface area contributed by atoms with Crippen LogP contribution in [0.4, 0.5) is 10.5 Å². The number of rotatable bonds is 5. The minimum atomic E-state index is -0.865. The maximum atomic E-state index is 13.0. The Bertz CT molecular complexity index is 1320. The first-order valence-corrected chi connectivity index (χ1v) is 11.3. The minimum absolute atomic E-state index is 0.177. The van der Waals surface area contributed by atoms with Crippen LogP contribution in [0, 0.1) is 0 Å². The van der Waals surface area contributed by atoms with Crippen molar-refractivity contribution < 1.29 is 19.1 Å². The Hall–Kier alpha value is -3.03. The van der Waals surface area contributed by atoms with E-state index in [4.69, 9.17) is 51.1 Å². The highest BCUT2D eigenvalue weighted by molar-refractivity contribution is 6.40. The lowest BCUT2D eigenvalue weighted by atomic mass is 10.1. The zero-order valence-corrected chi connectivity index (χ0v) is 20.2. The predicted molar refractivity (Wildman–Crippen MR) is 133 cm³/mol. The highest BCUT2D eigenvalue weighted by atomic mass is 35.5. The fraction of sp³-hybridized carbons (Fsp3) is 0.0417. The van der Waals surface area contributed by atoms with Crippen LogP contribution in [0.5, 0.6) is 5.75 Å². The number of carbonyl (C=O) groups excluding carboxylic acids is 3. The number of barbiturate groups is 1. The third-order valence-corrected chi connectivity index (χ3v) is 5.84. The van der Waals surface area contributed by atoms with Gasteiger partial charge in [0, 0.05) is 10.0 Å². The summed E-state index contributed by atoms with van der Waals surface area (Å²) in [5, 5.41) is 3.51. The van der Waals surface area contributed by atoms with Gasteiger partial charge in [-0.1, -0.05) is 58.5 Å². The number of hydrogen-bond acceptors (Lipinski definition) is 4. The molecule has 10 heteroatoms. The fourth-order valence-corrected chi connectivity index (χ4v) is 4.18. The van der Waals surface area contributed by atoms with Gasteiger partial charge in [0.15, 0.2) is 5.75 Å². The Balaban J connectivity index is 1.60. The van der Waals surface area contributed by atoms with E-state index in [1.165, 1.54) is 42.5 Å². The van der Waals surface area contributed by atoms with Crippen LogP contribution in [0.25, 0.3) is 6.08 Å². The molecule has 0 radical (unpaired) electrons. The molecule has 3 aromatic rings. The monoisotopic (exact) mass is 534 g/mol. The molecule has 1 heterocycles. The van der Waals surface area contributed by atoms with Gasteiger partial charge < -0.3 is 4.74 Å². The van der Waals surface area contributed by atoms with Gasteiger partial charge in [0.1, 0.15) is 12.2 Å². The number of anilines is 1. The van der Waals surface area contributed by atoms with Gasteiger partial charge in [-0.2, -0.15) is 0 Å². The summed E-state index contributed by atoms with van der Waals surface area (Å²) in [7, 11) is 0. The first-order chi connectivity index (χ1) is 16.2. The highest BCUT2D eigenvalue weighted by Gasteiger charge is 2.36. The lowest BCUT2D eigenvalue weighted by Crippen LogP contribution is -2.54. The Labute approximate surface area is 214 Å². The molecule has 34 heavy (non-hydrogen) atoms. The number of hydrogen-bond donors (Lipinski definition) is 1. The molecular weight excluding hydrogens is 522 g/mol. The van der Waals surface area contributed by atoms with E-state index in [1.54, 1.807) is 18.2 Å². The highest BCUT2D eigenvalue weighted by Crippen LogP contribution is 2.36. The van der Waals surface area contributed by atoms with E-state index >= 15 is 0 Å². The first-order valence-electron chi connectivity index (χ1n) is 9.76. The quantitative estimate of drug-likeness (QED) is 0.297.